The molecule has 0 saturated carbocycles. The normalized spacial score (nSPS) is 12.7. The number of carbonyl (C=O) groups is 2. The Kier molecular flexibility index (Phi) is 6.66. The van der Waals surface area contributed by atoms with Gasteiger partial charge in [-0.25, -0.2) is 23.6 Å². The predicted molar refractivity (Wildman–Crippen MR) is 90.2 cm³/mol. The van der Waals surface area contributed by atoms with Crippen molar-refractivity contribution >= 4 is 18.1 Å². The maximum absolute atomic E-state index is 13.0. The van der Waals surface area contributed by atoms with Crippen LogP contribution in [0.4, 0.5) is 14.0 Å². The van der Waals surface area contributed by atoms with Gasteiger partial charge < -0.3 is 9.47 Å². The van der Waals surface area contributed by atoms with Gasteiger partial charge in [0.25, 0.3) is 0 Å². The molecule has 0 spiro atoms. The quantitative estimate of drug-likeness (QED) is 0.600. The molecule has 1 aromatic rings. The van der Waals surface area contributed by atoms with Crippen LogP contribution in [-0.4, -0.2) is 57.2 Å². The molecule has 0 unspecified atom stereocenters. The molecule has 0 aromatic carbocycles. The molecular weight excluding hydrogens is 331 g/mol. The van der Waals surface area contributed by atoms with Crippen LogP contribution >= 0.6 is 0 Å². The Balaban J connectivity index is 3.23. The van der Waals surface area contributed by atoms with E-state index in [0.29, 0.717) is 0 Å². The minimum Gasteiger partial charge on any atom is -0.443 e. The number of alkyl halides is 1. The zero-order chi connectivity index (χ0) is 19.3. The van der Waals surface area contributed by atoms with E-state index in [1.165, 1.54) is 17.1 Å². The zero-order valence-corrected chi connectivity index (χ0v) is 15.4. The highest BCUT2D eigenvalue weighted by atomic mass is 19.1. The van der Waals surface area contributed by atoms with Gasteiger partial charge in [0.15, 0.2) is 0 Å². The molecule has 0 fully saturated rings. The Labute approximate surface area is 146 Å². The van der Waals surface area contributed by atoms with E-state index < -0.39 is 30.1 Å². The molecule has 9 heteroatoms. The second-order valence-electron chi connectivity index (χ2n) is 7.16. The van der Waals surface area contributed by atoms with E-state index in [2.05, 4.69) is 10.1 Å². The van der Waals surface area contributed by atoms with Crippen LogP contribution in [0.1, 0.15) is 41.5 Å². The molecule has 0 bridgehead atoms. The van der Waals surface area contributed by atoms with Crippen molar-refractivity contribution in [1.82, 2.24) is 14.7 Å². The molecule has 2 amide bonds. The number of amides is 2. The van der Waals surface area contributed by atoms with Crippen LogP contribution in [-0.2, 0) is 9.47 Å². The van der Waals surface area contributed by atoms with Gasteiger partial charge in [0.05, 0.1) is 6.54 Å². The lowest BCUT2D eigenvalue weighted by Crippen LogP contribution is -2.45. The first-order chi connectivity index (χ1) is 11.4. The summed E-state index contributed by atoms with van der Waals surface area (Å²) < 4.78 is 24.6. The molecule has 0 radical (unpaired) electrons. The average molecular weight is 356 g/mol. The maximum atomic E-state index is 13.0. The van der Waals surface area contributed by atoms with Gasteiger partial charge in [0.1, 0.15) is 17.9 Å². The standard InChI is InChI=1S/C16H25FN4O4/c1-15(2,3)24-13(22)19-12(21-10-7-9-18-21)20(11-8-17)14(23)25-16(4,5)6/h7,9-10H,8,11H2,1-6H3/b19-12-. The Morgan fingerprint density at radius 2 is 1.76 bits per heavy atom. The topological polar surface area (TPSA) is 86.0 Å². The van der Waals surface area contributed by atoms with Gasteiger partial charge in [-0.3, -0.25) is 0 Å². The number of rotatable bonds is 2. The summed E-state index contributed by atoms with van der Waals surface area (Å²) in [5.74, 6) is -0.203. The fourth-order valence-corrected chi connectivity index (χ4v) is 1.66. The van der Waals surface area contributed by atoms with E-state index in [9.17, 15) is 14.0 Å². The average Bonchev–Trinajstić information content (AvgIpc) is 2.92. The van der Waals surface area contributed by atoms with E-state index in [1.807, 2.05) is 0 Å². The summed E-state index contributed by atoms with van der Waals surface area (Å²) >= 11 is 0. The lowest BCUT2D eigenvalue weighted by Gasteiger charge is -2.27. The van der Waals surface area contributed by atoms with Crippen molar-refractivity contribution in [3.63, 3.8) is 0 Å². The molecule has 0 atom stereocenters. The van der Waals surface area contributed by atoms with Crippen LogP contribution in [0.25, 0.3) is 0 Å². The molecule has 0 saturated heterocycles. The highest BCUT2D eigenvalue weighted by Crippen LogP contribution is 2.13. The summed E-state index contributed by atoms with van der Waals surface area (Å²) in [5, 5.41) is 3.95. The number of aliphatic imine (C=N–C) groups is 1. The minimum atomic E-state index is -0.926. The molecule has 140 valence electrons. The largest absolute Gasteiger partial charge is 0.443 e. The second-order valence-corrected chi connectivity index (χ2v) is 7.16. The Morgan fingerprint density at radius 3 is 2.20 bits per heavy atom. The van der Waals surface area contributed by atoms with E-state index in [1.54, 1.807) is 47.6 Å². The van der Waals surface area contributed by atoms with E-state index in [-0.39, 0.29) is 12.5 Å². The third-order valence-electron chi connectivity index (χ3n) is 2.46. The zero-order valence-electron chi connectivity index (χ0n) is 15.4. The van der Waals surface area contributed by atoms with Crippen LogP contribution < -0.4 is 0 Å². The van der Waals surface area contributed by atoms with Gasteiger partial charge in [-0.05, 0) is 47.6 Å². The van der Waals surface area contributed by atoms with Crippen molar-refractivity contribution in [3.05, 3.63) is 18.5 Å². The summed E-state index contributed by atoms with van der Waals surface area (Å²) in [6.45, 7) is 8.87. The molecule has 1 heterocycles. The van der Waals surface area contributed by atoms with Crippen LogP contribution in [0.15, 0.2) is 23.5 Å². The fraction of sp³-hybridized carbons (Fsp3) is 0.625. The Hall–Kier alpha value is -2.45. The third-order valence-corrected chi connectivity index (χ3v) is 2.46. The molecule has 8 nitrogen and oxygen atoms in total. The van der Waals surface area contributed by atoms with Crippen LogP contribution in [0.3, 0.4) is 0 Å². The lowest BCUT2D eigenvalue weighted by atomic mass is 10.2. The van der Waals surface area contributed by atoms with Gasteiger partial charge in [-0.15, -0.1) is 4.99 Å². The number of nitrogens with zero attached hydrogens (tertiary/aromatic N) is 4. The maximum Gasteiger partial charge on any atom is 0.437 e. The highest BCUT2D eigenvalue weighted by Gasteiger charge is 2.28. The number of carbonyl (C=O) groups excluding carboxylic acids is 2. The molecular formula is C16H25FN4O4. The Morgan fingerprint density at radius 1 is 1.16 bits per heavy atom. The summed E-state index contributed by atoms with van der Waals surface area (Å²) in [5.41, 5.74) is -1.57. The fourth-order valence-electron chi connectivity index (χ4n) is 1.66. The summed E-state index contributed by atoms with van der Waals surface area (Å²) in [7, 11) is 0. The molecule has 0 aliphatic heterocycles. The van der Waals surface area contributed by atoms with Crippen molar-refractivity contribution in [1.29, 1.82) is 0 Å². The van der Waals surface area contributed by atoms with Gasteiger partial charge in [0, 0.05) is 12.4 Å². The Bertz CT molecular complexity index is 615. The van der Waals surface area contributed by atoms with Crippen LogP contribution in [0.5, 0.6) is 0 Å². The van der Waals surface area contributed by atoms with Crippen molar-refractivity contribution in [2.24, 2.45) is 4.99 Å². The van der Waals surface area contributed by atoms with Crippen molar-refractivity contribution < 1.29 is 23.5 Å². The van der Waals surface area contributed by atoms with Crippen molar-refractivity contribution in [3.8, 4) is 0 Å². The first kappa shape index (κ1) is 20.6. The molecule has 25 heavy (non-hydrogen) atoms. The summed E-state index contributed by atoms with van der Waals surface area (Å²) in [6, 6.07) is 1.58. The van der Waals surface area contributed by atoms with Gasteiger partial charge in [-0.1, -0.05) is 0 Å². The third kappa shape index (κ3) is 7.32. The minimum absolute atomic E-state index is 0.203. The number of ether oxygens (including phenoxy) is 2. The van der Waals surface area contributed by atoms with Gasteiger partial charge >= 0.3 is 12.2 Å². The van der Waals surface area contributed by atoms with Gasteiger partial charge in [-0.2, -0.15) is 5.10 Å². The molecule has 1 aromatic heterocycles. The van der Waals surface area contributed by atoms with E-state index in [0.717, 1.165) is 4.90 Å². The number of halogens is 1. The molecule has 1 rings (SSSR count). The SMILES string of the molecule is CC(C)(C)OC(=O)/N=C(/N(CCF)C(=O)OC(C)(C)C)n1cccn1. The molecule has 0 aliphatic rings. The predicted octanol–water partition coefficient (Wildman–Crippen LogP) is 3.23. The smallest absolute Gasteiger partial charge is 0.437 e. The first-order valence-electron chi connectivity index (χ1n) is 7.81. The van der Waals surface area contributed by atoms with Crippen LogP contribution in [0, 0.1) is 0 Å². The summed E-state index contributed by atoms with van der Waals surface area (Å²) in [4.78, 5) is 29.2. The molecule has 0 aliphatic carbocycles. The lowest BCUT2D eigenvalue weighted by molar-refractivity contribution is 0.0354. The highest BCUT2D eigenvalue weighted by molar-refractivity contribution is 5.99. The number of hydrogen-bond acceptors (Lipinski definition) is 5. The van der Waals surface area contributed by atoms with Crippen molar-refractivity contribution in [2.45, 2.75) is 52.7 Å². The van der Waals surface area contributed by atoms with Gasteiger partial charge in [0.2, 0.25) is 5.96 Å². The van der Waals surface area contributed by atoms with E-state index in [4.69, 9.17) is 9.47 Å². The summed E-state index contributed by atoms with van der Waals surface area (Å²) in [6.07, 6.45) is 1.14. The van der Waals surface area contributed by atoms with Crippen molar-refractivity contribution in [2.75, 3.05) is 13.2 Å². The first-order valence-corrected chi connectivity index (χ1v) is 7.81. The van der Waals surface area contributed by atoms with E-state index >= 15 is 0 Å². The number of aromatic nitrogens is 2. The number of hydrogen-bond donors (Lipinski definition) is 0. The molecule has 0 N–H and O–H groups in total. The monoisotopic (exact) mass is 356 g/mol. The second kappa shape index (κ2) is 8.09. The van der Waals surface area contributed by atoms with Crippen LogP contribution in [0.2, 0.25) is 0 Å².